The Hall–Kier alpha value is -0.370. The number of likely N-dealkylation sites (tertiary alicyclic amines) is 1. The molecule has 2 nitrogen and oxygen atoms in total. The molecule has 1 aliphatic heterocycles. The first-order valence-corrected chi connectivity index (χ1v) is 6.27. The van der Waals surface area contributed by atoms with Crippen LogP contribution in [0, 0.1) is 5.41 Å². The van der Waals surface area contributed by atoms with E-state index in [4.69, 9.17) is 0 Å². The highest BCUT2D eigenvalue weighted by molar-refractivity contribution is 5.83. The van der Waals surface area contributed by atoms with Crippen LogP contribution in [0.2, 0.25) is 0 Å². The molecule has 0 bridgehead atoms. The molecule has 1 atom stereocenters. The van der Waals surface area contributed by atoms with E-state index in [2.05, 4.69) is 25.7 Å². The first-order chi connectivity index (χ1) is 7.02. The lowest BCUT2D eigenvalue weighted by atomic mass is 9.78. The summed E-state index contributed by atoms with van der Waals surface area (Å²) in [4.78, 5) is 14.3. The molecule has 88 valence electrons. The summed E-state index contributed by atoms with van der Waals surface area (Å²) in [5, 5.41) is 0. The zero-order chi connectivity index (χ0) is 11.5. The van der Waals surface area contributed by atoms with E-state index in [9.17, 15) is 4.79 Å². The molecule has 0 radical (unpaired) electrons. The van der Waals surface area contributed by atoms with Gasteiger partial charge in [0.05, 0.1) is 0 Å². The molecule has 0 spiro atoms. The second-order valence-corrected chi connectivity index (χ2v) is 5.25. The fourth-order valence-electron chi connectivity index (χ4n) is 2.53. The van der Waals surface area contributed by atoms with Crippen LogP contribution >= 0.6 is 0 Å². The Kier molecular flexibility index (Phi) is 4.32. The zero-order valence-corrected chi connectivity index (χ0v) is 10.7. The Morgan fingerprint density at radius 1 is 1.47 bits per heavy atom. The Labute approximate surface area is 94.0 Å². The van der Waals surface area contributed by atoms with E-state index in [1.807, 2.05) is 0 Å². The summed E-state index contributed by atoms with van der Waals surface area (Å²) >= 11 is 0. The fraction of sp³-hybridized carbons (Fsp3) is 0.923. The molecule has 0 aromatic carbocycles. The molecule has 1 heterocycles. The average molecular weight is 211 g/mol. The van der Waals surface area contributed by atoms with E-state index in [1.165, 1.54) is 12.8 Å². The molecule has 1 unspecified atom stereocenters. The predicted molar refractivity (Wildman–Crippen MR) is 64.0 cm³/mol. The van der Waals surface area contributed by atoms with Gasteiger partial charge < -0.3 is 0 Å². The Balaban J connectivity index is 2.65. The van der Waals surface area contributed by atoms with Crippen LogP contribution in [-0.2, 0) is 4.79 Å². The van der Waals surface area contributed by atoms with Crippen LogP contribution in [0.15, 0.2) is 0 Å². The summed E-state index contributed by atoms with van der Waals surface area (Å²) in [6, 6.07) is 0.577. The standard InChI is InChI=1S/C13H25NO/c1-5-6-7-13(12(4)15)8-9-14(10-13)11(2)3/h11H,5-10H2,1-4H3. The molecule has 15 heavy (non-hydrogen) atoms. The summed E-state index contributed by atoms with van der Waals surface area (Å²) in [6.45, 7) is 10.5. The van der Waals surface area contributed by atoms with Gasteiger partial charge in [-0.1, -0.05) is 19.8 Å². The molecule has 0 aromatic heterocycles. The largest absolute Gasteiger partial charge is 0.300 e. The van der Waals surface area contributed by atoms with Gasteiger partial charge in [0, 0.05) is 18.0 Å². The van der Waals surface area contributed by atoms with E-state index in [0.717, 1.165) is 25.9 Å². The highest BCUT2D eigenvalue weighted by Gasteiger charge is 2.41. The number of unbranched alkanes of at least 4 members (excludes halogenated alkanes) is 1. The van der Waals surface area contributed by atoms with E-state index in [0.29, 0.717) is 11.8 Å². The van der Waals surface area contributed by atoms with Crippen molar-refractivity contribution in [2.24, 2.45) is 5.41 Å². The number of carbonyl (C=O) groups is 1. The van der Waals surface area contributed by atoms with Crippen LogP contribution in [0.4, 0.5) is 0 Å². The molecular formula is C13H25NO. The van der Waals surface area contributed by atoms with Crippen molar-refractivity contribution in [1.82, 2.24) is 4.90 Å². The van der Waals surface area contributed by atoms with Crippen molar-refractivity contribution in [3.63, 3.8) is 0 Å². The van der Waals surface area contributed by atoms with Gasteiger partial charge in [-0.25, -0.2) is 0 Å². The molecule has 2 heteroatoms. The molecule has 1 fully saturated rings. The van der Waals surface area contributed by atoms with Crippen LogP contribution in [0.25, 0.3) is 0 Å². The van der Waals surface area contributed by atoms with Gasteiger partial charge in [-0.2, -0.15) is 0 Å². The number of ketones is 1. The number of hydrogen-bond donors (Lipinski definition) is 0. The second kappa shape index (κ2) is 5.11. The second-order valence-electron chi connectivity index (χ2n) is 5.25. The average Bonchev–Trinajstić information content (AvgIpc) is 2.60. The van der Waals surface area contributed by atoms with Gasteiger partial charge in [-0.05, 0) is 40.2 Å². The maximum absolute atomic E-state index is 11.8. The van der Waals surface area contributed by atoms with Gasteiger partial charge in [-0.15, -0.1) is 0 Å². The predicted octanol–water partition coefficient (Wildman–Crippen LogP) is 2.87. The topological polar surface area (TPSA) is 20.3 Å². The molecule has 0 N–H and O–H groups in total. The Morgan fingerprint density at radius 3 is 2.53 bits per heavy atom. The van der Waals surface area contributed by atoms with Crippen molar-refractivity contribution in [3.8, 4) is 0 Å². The number of Topliss-reactive ketones (excluding diaryl/α,β-unsaturated/α-hetero) is 1. The third-order valence-electron chi connectivity index (χ3n) is 3.87. The summed E-state index contributed by atoms with van der Waals surface area (Å²) in [5.74, 6) is 0.402. The number of carbonyl (C=O) groups excluding carboxylic acids is 1. The van der Waals surface area contributed by atoms with Crippen molar-refractivity contribution >= 4 is 5.78 Å². The first-order valence-electron chi connectivity index (χ1n) is 6.27. The Morgan fingerprint density at radius 2 is 2.13 bits per heavy atom. The maximum atomic E-state index is 11.8. The maximum Gasteiger partial charge on any atom is 0.137 e. The van der Waals surface area contributed by atoms with E-state index >= 15 is 0 Å². The van der Waals surface area contributed by atoms with Gasteiger partial charge in [0.25, 0.3) is 0 Å². The molecule has 0 aromatic rings. The molecule has 1 aliphatic rings. The molecule has 1 rings (SSSR count). The zero-order valence-electron chi connectivity index (χ0n) is 10.7. The monoisotopic (exact) mass is 211 g/mol. The summed E-state index contributed by atoms with van der Waals surface area (Å²) < 4.78 is 0. The van der Waals surface area contributed by atoms with Gasteiger partial charge in [0.1, 0.15) is 5.78 Å². The smallest absolute Gasteiger partial charge is 0.137 e. The van der Waals surface area contributed by atoms with E-state index < -0.39 is 0 Å². The fourth-order valence-corrected chi connectivity index (χ4v) is 2.53. The van der Waals surface area contributed by atoms with Crippen LogP contribution < -0.4 is 0 Å². The van der Waals surface area contributed by atoms with Crippen molar-refractivity contribution in [2.45, 2.75) is 59.4 Å². The van der Waals surface area contributed by atoms with Gasteiger partial charge in [0.2, 0.25) is 0 Å². The van der Waals surface area contributed by atoms with Gasteiger partial charge >= 0.3 is 0 Å². The SMILES string of the molecule is CCCCC1(C(C)=O)CCN(C(C)C)C1. The third-order valence-corrected chi connectivity index (χ3v) is 3.87. The molecule has 1 saturated heterocycles. The highest BCUT2D eigenvalue weighted by Crippen LogP contribution is 2.37. The van der Waals surface area contributed by atoms with Crippen LogP contribution in [-0.4, -0.2) is 29.8 Å². The number of rotatable bonds is 5. The normalized spacial score (nSPS) is 27.5. The lowest BCUT2D eigenvalue weighted by Crippen LogP contribution is -2.35. The van der Waals surface area contributed by atoms with Crippen molar-refractivity contribution in [3.05, 3.63) is 0 Å². The van der Waals surface area contributed by atoms with Crippen molar-refractivity contribution in [2.75, 3.05) is 13.1 Å². The van der Waals surface area contributed by atoms with Crippen LogP contribution in [0.5, 0.6) is 0 Å². The van der Waals surface area contributed by atoms with Gasteiger partial charge in [0.15, 0.2) is 0 Å². The lowest BCUT2D eigenvalue weighted by Gasteiger charge is -2.28. The minimum atomic E-state index is -0.0136. The van der Waals surface area contributed by atoms with Crippen molar-refractivity contribution < 1.29 is 4.79 Å². The Bertz CT molecular complexity index is 225. The molecule has 0 amide bonds. The van der Waals surface area contributed by atoms with Crippen molar-refractivity contribution in [1.29, 1.82) is 0 Å². The minimum absolute atomic E-state index is 0.0136. The summed E-state index contributed by atoms with van der Waals surface area (Å²) in [6.07, 6.45) is 4.53. The summed E-state index contributed by atoms with van der Waals surface area (Å²) in [5.41, 5.74) is -0.0136. The number of nitrogens with zero attached hydrogens (tertiary/aromatic N) is 1. The van der Waals surface area contributed by atoms with Crippen LogP contribution in [0.3, 0.4) is 0 Å². The van der Waals surface area contributed by atoms with E-state index in [-0.39, 0.29) is 5.41 Å². The number of hydrogen-bond acceptors (Lipinski definition) is 2. The lowest BCUT2D eigenvalue weighted by molar-refractivity contribution is -0.126. The van der Waals surface area contributed by atoms with Crippen LogP contribution in [0.1, 0.15) is 53.4 Å². The molecule has 0 saturated carbocycles. The van der Waals surface area contributed by atoms with E-state index in [1.54, 1.807) is 6.92 Å². The quantitative estimate of drug-likeness (QED) is 0.697. The molecule has 0 aliphatic carbocycles. The highest BCUT2D eigenvalue weighted by atomic mass is 16.1. The van der Waals surface area contributed by atoms with Gasteiger partial charge in [-0.3, -0.25) is 9.69 Å². The minimum Gasteiger partial charge on any atom is -0.300 e. The first kappa shape index (κ1) is 12.7. The molecular weight excluding hydrogens is 186 g/mol. The third kappa shape index (κ3) is 2.81. The summed E-state index contributed by atoms with van der Waals surface area (Å²) in [7, 11) is 0.